The van der Waals surface area contributed by atoms with Crippen LogP contribution in [0, 0.1) is 0 Å². The van der Waals surface area contributed by atoms with E-state index in [1.807, 2.05) is 5.32 Å². The predicted octanol–water partition coefficient (Wildman–Crippen LogP) is 0.585. The van der Waals surface area contributed by atoms with E-state index in [0.29, 0.717) is 5.75 Å². The SMILES string of the molecule is COc1cc(O)c(N[C]=O)c(O)c1. The van der Waals surface area contributed by atoms with Crippen LogP contribution in [0.3, 0.4) is 0 Å². The lowest BCUT2D eigenvalue weighted by molar-refractivity contribution is 0.399. The summed E-state index contributed by atoms with van der Waals surface area (Å²) in [5.41, 5.74) is -0.0872. The highest BCUT2D eigenvalue weighted by Gasteiger charge is 2.09. The van der Waals surface area contributed by atoms with Crippen LogP contribution in [0.25, 0.3) is 0 Å². The summed E-state index contributed by atoms with van der Waals surface area (Å²) in [5, 5.41) is 20.5. The molecule has 3 N–H and O–H groups in total. The smallest absolute Gasteiger partial charge is 0.314 e. The lowest BCUT2D eigenvalue weighted by atomic mass is 10.2. The lowest BCUT2D eigenvalue weighted by Crippen LogP contribution is -1.95. The molecule has 0 unspecified atom stereocenters. The van der Waals surface area contributed by atoms with Gasteiger partial charge in [0.2, 0.25) is 0 Å². The van der Waals surface area contributed by atoms with E-state index in [0.717, 1.165) is 0 Å². The number of aromatic hydroxyl groups is 2. The number of hydrogen-bond acceptors (Lipinski definition) is 4. The van der Waals surface area contributed by atoms with Gasteiger partial charge < -0.3 is 20.3 Å². The predicted molar refractivity (Wildman–Crippen MR) is 45.6 cm³/mol. The molecule has 0 aliphatic heterocycles. The highest BCUT2D eigenvalue weighted by Crippen LogP contribution is 2.36. The number of methoxy groups -OCH3 is 1. The Hall–Kier alpha value is -1.91. The number of carbonyl (C=O) groups excluding carboxylic acids is 1. The summed E-state index contributed by atoms with van der Waals surface area (Å²) in [4.78, 5) is 9.94. The van der Waals surface area contributed by atoms with Crippen molar-refractivity contribution in [1.29, 1.82) is 0 Å². The van der Waals surface area contributed by atoms with Crippen molar-refractivity contribution in [2.75, 3.05) is 12.4 Å². The summed E-state index contributed by atoms with van der Waals surface area (Å²) < 4.78 is 4.76. The van der Waals surface area contributed by atoms with E-state index in [-0.39, 0.29) is 17.2 Å². The first kappa shape index (κ1) is 9.18. The second-order valence-electron chi connectivity index (χ2n) is 2.27. The van der Waals surface area contributed by atoms with Gasteiger partial charge in [0, 0.05) is 12.1 Å². The van der Waals surface area contributed by atoms with Crippen molar-refractivity contribution in [3.05, 3.63) is 12.1 Å². The molecule has 0 aliphatic rings. The van der Waals surface area contributed by atoms with E-state index in [1.165, 1.54) is 25.7 Å². The number of nitrogens with one attached hydrogen (secondary N) is 1. The molecule has 5 heteroatoms. The molecule has 0 atom stereocenters. The van der Waals surface area contributed by atoms with E-state index in [2.05, 4.69) is 0 Å². The fourth-order valence-electron chi connectivity index (χ4n) is 0.884. The molecule has 1 aromatic carbocycles. The van der Waals surface area contributed by atoms with Crippen LogP contribution in [-0.4, -0.2) is 23.7 Å². The Kier molecular flexibility index (Phi) is 2.59. The highest BCUT2D eigenvalue weighted by molar-refractivity contribution is 5.80. The first-order valence-corrected chi connectivity index (χ1v) is 3.42. The van der Waals surface area contributed by atoms with Crippen molar-refractivity contribution in [2.45, 2.75) is 0 Å². The third kappa shape index (κ3) is 1.81. The molecule has 69 valence electrons. The van der Waals surface area contributed by atoms with E-state index >= 15 is 0 Å². The van der Waals surface area contributed by atoms with Crippen LogP contribution in [0.4, 0.5) is 5.69 Å². The van der Waals surface area contributed by atoms with Gasteiger partial charge in [-0.1, -0.05) is 0 Å². The van der Waals surface area contributed by atoms with Crippen LogP contribution in [0.1, 0.15) is 0 Å². The lowest BCUT2D eigenvalue weighted by Gasteiger charge is -2.07. The Labute approximate surface area is 74.6 Å². The zero-order chi connectivity index (χ0) is 9.84. The largest absolute Gasteiger partial charge is 0.505 e. The zero-order valence-electron chi connectivity index (χ0n) is 6.87. The summed E-state index contributed by atoms with van der Waals surface area (Å²) in [6, 6.07) is 2.53. The summed E-state index contributed by atoms with van der Waals surface area (Å²) in [6.45, 7) is 0. The van der Waals surface area contributed by atoms with Crippen LogP contribution >= 0.6 is 0 Å². The molecule has 1 radical (unpaired) electrons. The summed E-state index contributed by atoms with van der Waals surface area (Å²) >= 11 is 0. The quantitative estimate of drug-likeness (QED) is 0.472. The average Bonchev–Trinajstić information content (AvgIpc) is 2.11. The Morgan fingerprint density at radius 3 is 2.31 bits per heavy atom. The first-order valence-electron chi connectivity index (χ1n) is 3.42. The monoisotopic (exact) mass is 182 g/mol. The number of benzene rings is 1. The molecule has 0 bridgehead atoms. The first-order chi connectivity index (χ1) is 6.19. The zero-order valence-corrected chi connectivity index (χ0v) is 6.87. The molecule has 0 saturated carbocycles. The number of rotatable bonds is 3. The number of phenolic OH excluding ortho intramolecular Hbond substituents is 2. The Balaban J connectivity index is 3.14. The van der Waals surface area contributed by atoms with Crippen LogP contribution in [0.15, 0.2) is 12.1 Å². The number of ether oxygens (including phenoxy) is 1. The molecule has 0 spiro atoms. The molecule has 0 aliphatic carbocycles. The Morgan fingerprint density at radius 1 is 1.38 bits per heavy atom. The molecular formula is C8H8NO4. The van der Waals surface area contributed by atoms with Gasteiger partial charge in [0.25, 0.3) is 0 Å². The van der Waals surface area contributed by atoms with Gasteiger partial charge in [-0.25, -0.2) is 0 Å². The molecule has 1 amide bonds. The van der Waals surface area contributed by atoms with Gasteiger partial charge in [-0.3, -0.25) is 4.79 Å². The molecular weight excluding hydrogens is 174 g/mol. The van der Waals surface area contributed by atoms with Crippen molar-refractivity contribution >= 4 is 12.1 Å². The van der Waals surface area contributed by atoms with E-state index in [4.69, 9.17) is 4.74 Å². The van der Waals surface area contributed by atoms with E-state index in [1.54, 1.807) is 0 Å². The Morgan fingerprint density at radius 2 is 1.92 bits per heavy atom. The van der Waals surface area contributed by atoms with Gasteiger partial charge >= 0.3 is 6.41 Å². The number of anilines is 1. The fraction of sp³-hybridized carbons (Fsp3) is 0.125. The van der Waals surface area contributed by atoms with E-state index in [9.17, 15) is 15.0 Å². The summed E-state index contributed by atoms with van der Waals surface area (Å²) in [6.07, 6.45) is 1.34. The Bertz CT molecular complexity index is 301. The maximum Gasteiger partial charge on any atom is 0.314 e. The van der Waals surface area contributed by atoms with Crippen molar-refractivity contribution in [3.8, 4) is 17.2 Å². The van der Waals surface area contributed by atoms with Gasteiger partial charge in [-0.15, -0.1) is 0 Å². The van der Waals surface area contributed by atoms with Crippen molar-refractivity contribution < 1.29 is 19.7 Å². The van der Waals surface area contributed by atoms with E-state index < -0.39 is 0 Å². The fourth-order valence-corrected chi connectivity index (χ4v) is 0.884. The van der Waals surface area contributed by atoms with Gasteiger partial charge in [-0.2, -0.15) is 0 Å². The van der Waals surface area contributed by atoms with Crippen LogP contribution < -0.4 is 10.1 Å². The molecule has 1 rings (SSSR count). The minimum absolute atomic E-state index is 0.0872. The maximum atomic E-state index is 9.94. The normalized spacial score (nSPS) is 9.31. The van der Waals surface area contributed by atoms with Gasteiger partial charge in [0.05, 0.1) is 7.11 Å². The topological polar surface area (TPSA) is 78.8 Å². The summed E-state index contributed by atoms with van der Waals surface area (Å²) in [5.74, 6) is -0.258. The minimum Gasteiger partial charge on any atom is -0.505 e. The van der Waals surface area contributed by atoms with Crippen molar-refractivity contribution in [1.82, 2.24) is 0 Å². The molecule has 0 saturated heterocycles. The third-order valence-electron chi connectivity index (χ3n) is 1.48. The van der Waals surface area contributed by atoms with Crippen LogP contribution in [0.5, 0.6) is 17.2 Å². The molecule has 13 heavy (non-hydrogen) atoms. The summed E-state index contributed by atoms with van der Waals surface area (Å²) in [7, 11) is 1.40. The number of phenols is 2. The highest BCUT2D eigenvalue weighted by atomic mass is 16.5. The van der Waals surface area contributed by atoms with Gasteiger partial charge in [0.1, 0.15) is 22.9 Å². The van der Waals surface area contributed by atoms with Gasteiger partial charge in [0.15, 0.2) is 0 Å². The second kappa shape index (κ2) is 3.66. The second-order valence-corrected chi connectivity index (χ2v) is 2.27. The van der Waals surface area contributed by atoms with Crippen molar-refractivity contribution in [2.24, 2.45) is 0 Å². The van der Waals surface area contributed by atoms with Crippen LogP contribution in [0.2, 0.25) is 0 Å². The molecule has 1 aromatic rings. The number of hydrogen-bond donors (Lipinski definition) is 3. The molecule has 0 aromatic heterocycles. The molecule has 0 fully saturated rings. The van der Waals surface area contributed by atoms with Gasteiger partial charge in [-0.05, 0) is 0 Å². The molecule has 0 heterocycles. The minimum atomic E-state index is -0.278. The average molecular weight is 182 g/mol. The number of amides is 1. The van der Waals surface area contributed by atoms with Crippen LogP contribution in [-0.2, 0) is 4.79 Å². The standard InChI is InChI=1S/C8H8NO4/c1-13-5-2-6(11)8(9-4-10)7(12)3-5/h2-3,11-12H,1H3,(H,9,10). The maximum absolute atomic E-state index is 9.94. The van der Waals surface area contributed by atoms with Crippen molar-refractivity contribution in [3.63, 3.8) is 0 Å². The molecule has 5 nitrogen and oxygen atoms in total. The third-order valence-corrected chi connectivity index (χ3v) is 1.48.